The molecule has 0 aliphatic carbocycles. The maximum absolute atomic E-state index is 11.6. The van der Waals surface area contributed by atoms with E-state index in [9.17, 15) is 13.2 Å². The molecular formula is C11H23NO4S. The monoisotopic (exact) mass is 265 g/mol. The number of carbonyl (C=O) groups excluding carboxylic acids is 1. The number of rotatable bonds is 8. The van der Waals surface area contributed by atoms with Crippen molar-refractivity contribution in [1.29, 1.82) is 0 Å². The van der Waals surface area contributed by atoms with Crippen LogP contribution in [0.25, 0.3) is 0 Å². The average molecular weight is 265 g/mol. The fraction of sp³-hybridized carbons (Fsp3) is 0.909. The van der Waals surface area contributed by atoms with Crippen LogP contribution in [0.3, 0.4) is 0 Å². The van der Waals surface area contributed by atoms with Gasteiger partial charge in [-0.25, -0.2) is 8.42 Å². The fourth-order valence-corrected chi connectivity index (χ4v) is 2.14. The predicted molar refractivity (Wildman–Crippen MR) is 67.7 cm³/mol. The van der Waals surface area contributed by atoms with E-state index >= 15 is 0 Å². The molecule has 0 radical (unpaired) electrons. The number of methoxy groups -OCH3 is 1. The Morgan fingerprint density at radius 1 is 1.41 bits per heavy atom. The summed E-state index contributed by atoms with van der Waals surface area (Å²) in [5.41, 5.74) is 0. The van der Waals surface area contributed by atoms with Crippen molar-refractivity contribution in [3.8, 4) is 0 Å². The van der Waals surface area contributed by atoms with Crippen LogP contribution in [0.5, 0.6) is 0 Å². The molecule has 0 aromatic carbocycles. The van der Waals surface area contributed by atoms with Crippen molar-refractivity contribution in [2.45, 2.75) is 32.2 Å². The molecule has 102 valence electrons. The highest BCUT2D eigenvalue weighted by molar-refractivity contribution is 7.90. The van der Waals surface area contributed by atoms with E-state index in [1.165, 1.54) is 13.4 Å². The van der Waals surface area contributed by atoms with Crippen LogP contribution >= 0.6 is 0 Å². The van der Waals surface area contributed by atoms with Crippen LogP contribution in [-0.2, 0) is 19.4 Å². The zero-order chi connectivity index (χ0) is 13.5. The zero-order valence-electron chi connectivity index (χ0n) is 11.1. The summed E-state index contributed by atoms with van der Waals surface area (Å²) in [6.07, 6.45) is 3.81. The highest BCUT2D eigenvalue weighted by Gasteiger charge is 2.23. The molecule has 0 amide bonds. The van der Waals surface area contributed by atoms with E-state index < -0.39 is 9.84 Å². The molecule has 0 heterocycles. The standard InChI is InChI=1S/C11H23NO4S/c1-5-6-7-10(11(13)16-3)12(2)8-9-17(4,14)15/h10H,5-9H2,1-4H3. The molecule has 6 heteroatoms. The molecule has 0 saturated heterocycles. The first-order valence-electron chi connectivity index (χ1n) is 5.77. The number of nitrogens with zero attached hydrogens (tertiary/aromatic N) is 1. The third-order valence-electron chi connectivity index (χ3n) is 2.65. The van der Waals surface area contributed by atoms with Crippen molar-refractivity contribution < 1.29 is 17.9 Å². The Kier molecular flexibility index (Phi) is 7.38. The fourth-order valence-electron chi connectivity index (χ4n) is 1.52. The van der Waals surface area contributed by atoms with Crippen LogP contribution in [0, 0.1) is 0 Å². The topological polar surface area (TPSA) is 63.7 Å². The SMILES string of the molecule is CCCCC(C(=O)OC)N(C)CCS(C)(=O)=O. The first kappa shape index (κ1) is 16.4. The van der Waals surface area contributed by atoms with Crippen LogP contribution < -0.4 is 0 Å². The molecule has 0 spiro atoms. The zero-order valence-corrected chi connectivity index (χ0v) is 11.9. The lowest BCUT2D eigenvalue weighted by Crippen LogP contribution is -2.41. The largest absolute Gasteiger partial charge is 0.468 e. The summed E-state index contributed by atoms with van der Waals surface area (Å²) in [4.78, 5) is 13.3. The maximum atomic E-state index is 11.6. The third kappa shape index (κ3) is 7.33. The van der Waals surface area contributed by atoms with Gasteiger partial charge >= 0.3 is 5.97 Å². The Morgan fingerprint density at radius 3 is 2.41 bits per heavy atom. The molecule has 1 unspecified atom stereocenters. The molecule has 0 aromatic rings. The quantitative estimate of drug-likeness (QED) is 0.604. The Hall–Kier alpha value is -0.620. The van der Waals surface area contributed by atoms with Gasteiger partial charge in [-0.1, -0.05) is 19.8 Å². The van der Waals surface area contributed by atoms with Gasteiger partial charge in [-0.2, -0.15) is 0 Å². The van der Waals surface area contributed by atoms with Gasteiger partial charge < -0.3 is 4.74 Å². The summed E-state index contributed by atoms with van der Waals surface area (Å²) in [6, 6.07) is -0.346. The highest BCUT2D eigenvalue weighted by Crippen LogP contribution is 2.09. The third-order valence-corrected chi connectivity index (χ3v) is 3.58. The van der Waals surface area contributed by atoms with E-state index in [2.05, 4.69) is 0 Å². The summed E-state index contributed by atoms with van der Waals surface area (Å²) in [7, 11) is 0.106. The Labute approximate surface area is 104 Å². The van der Waals surface area contributed by atoms with Crippen molar-refractivity contribution in [2.75, 3.05) is 32.7 Å². The maximum Gasteiger partial charge on any atom is 0.323 e. The second kappa shape index (κ2) is 7.66. The number of carbonyl (C=O) groups is 1. The van der Waals surface area contributed by atoms with Crippen LogP contribution in [0.2, 0.25) is 0 Å². The van der Waals surface area contributed by atoms with Gasteiger partial charge in [0.15, 0.2) is 0 Å². The number of sulfone groups is 1. The molecule has 0 aromatic heterocycles. The van der Waals surface area contributed by atoms with Crippen molar-refractivity contribution in [3.63, 3.8) is 0 Å². The summed E-state index contributed by atoms with van der Waals surface area (Å²) < 4.78 is 26.9. The lowest BCUT2D eigenvalue weighted by atomic mass is 10.1. The van der Waals surface area contributed by atoms with E-state index in [0.717, 1.165) is 12.8 Å². The molecule has 17 heavy (non-hydrogen) atoms. The number of esters is 1. The first-order chi connectivity index (χ1) is 7.81. The van der Waals surface area contributed by atoms with E-state index in [0.29, 0.717) is 13.0 Å². The molecule has 1 atom stereocenters. The van der Waals surface area contributed by atoms with Gasteiger partial charge in [0.05, 0.1) is 12.9 Å². The normalized spacial score (nSPS) is 13.7. The number of unbranched alkanes of at least 4 members (excludes halogenated alkanes) is 1. The van der Waals surface area contributed by atoms with Gasteiger partial charge in [0.1, 0.15) is 15.9 Å². The number of hydrogen-bond donors (Lipinski definition) is 0. The van der Waals surface area contributed by atoms with E-state index in [4.69, 9.17) is 4.74 Å². The van der Waals surface area contributed by atoms with E-state index in [1.54, 1.807) is 11.9 Å². The summed E-state index contributed by atoms with van der Waals surface area (Å²) >= 11 is 0. The molecular weight excluding hydrogens is 242 g/mol. The van der Waals surface area contributed by atoms with Crippen LogP contribution in [0.4, 0.5) is 0 Å². The van der Waals surface area contributed by atoms with E-state index in [-0.39, 0.29) is 17.8 Å². The Balaban J connectivity index is 4.41. The minimum absolute atomic E-state index is 0.0587. The lowest BCUT2D eigenvalue weighted by molar-refractivity contribution is -0.146. The van der Waals surface area contributed by atoms with Crippen molar-refractivity contribution >= 4 is 15.8 Å². The smallest absolute Gasteiger partial charge is 0.323 e. The summed E-state index contributed by atoms with van der Waals surface area (Å²) in [5, 5.41) is 0. The van der Waals surface area contributed by atoms with Gasteiger partial charge in [-0.15, -0.1) is 0 Å². The number of ether oxygens (including phenoxy) is 1. The minimum Gasteiger partial charge on any atom is -0.468 e. The summed E-state index contributed by atoms with van der Waals surface area (Å²) in [6.45, 7) is 2.40. The molecule has 0 fully saturated rings. The summed E-state index contributed by atoms with van der Waals surface area (Å²) in [5.74, 6) is -0.238. The van der Waals surface area contributed by atoms with Gasteiger partial charge in [0, 0.05) is 12.8 Å². The van der Waals surface area contributed by atoms with Crippen molar-refractivity contribution in [3.05, 3.63) is 0 Å². The van der Waals surface area contributed by atoms with Crippen molar-refractivity contribution in [2.24, 2.45) is 0 Å². The number of likely N-dealkylation sites (N-methyl/N-ethyl adjacent to an activating group) is 1. The predicted octanol–water partition coefficient (Wildman–Crippen LogP) is 0.695. The van der Waals surface area contributed by atoms with Crippen LogP contribution in [-0.4, -0.2) is 58.0 Å². The minimum atomic E-state index is -3.00. The molecule has 0 bridgehead atoms. The number of hydrogen-bond acceptors (Lipinski definition) is 5. The first-order valence-corrected chi connectivity index (χ1v) is 7.83. The molecule has 0 rings (SSSR count). The molecule has 5 nitrogen and oxygen atoms in total. The van der Waals surface area contributed by atoms with E-state index in [1.807, 2.05) is 6.92 Å². The van der Waals surface area contributed by atoms with Gasteiger partial charge in [-0.3, -0.25) is 9.69 Å². The Morgan fingerprint density at radius 2 is 2.00 bits per heavy atom. The van der Waals surface area contributed by atoms with Crippen molar-refractivity contribution in [1.82, 2.24) is 4.90 Å². The van der Waals surface area contributed by atoms with Gasteiger partial charge in [0.2, 0.25) is 0 Å². The molecule has 0 saturated carbocycles. The average Bonchev–Trinajstić information content (AvgIpc) is 2.25. The van der Waals surface area contributed by atoms with Gasteiger partial charge in [-0.05, 0) is 13.5 Å². The van der Waals surface area contributed by atoms with Gasteiger partial charge in [0.25, 0.3) is 0 Å². The van der Waals surface area contributed by atoms with Crippen LogP contribution in [0.1, 0.15) is 26.2 Å². The molecule has 0 aliphatic rings. The molecule has 0 N–H and O–H groups in total. The van der Waals surface area contributed by atoms with Crippen LogP contribution in [0.15, 0.2) is 0 Å². The molecule has 0 aliphatic heterocycles. The highest BCUT2D eigenvalue weighted by atomic mass is 32.2. The Bertz CT molecular complexity index is 326. The lowest BCUT2D eigenvalue weighted by Gasteiger charge is -2.25. The second-order valence-electron chi connectivity index (χ2n) is 4.29. The second-order valence-corrected chi connectivity index (χ2v) is 6.55.